The van der Waals surface area contributed by atoms with E-state index in [-0.39, 0.29) is 38.6 Å². The summed E-state index contributed by atoms with van der Waals surface area (Å²) in [6.45, 7) is 2.81. The highest BCUT2D eigenvalue weighted by molar-refractivity contribution is 5.78. The van der Waals surface area contributed by atoms with Crippen molar-refractivity contribution < 1.29 is 19.7 Å². The van der Waals surface area contributed by atoms with E-state index < -0.39 is 0 Å². The van der Waals surface area contributed by atoms with Gasteiger partial charge in [-0.3, -0.25) is 4.79 Å². The molecule has 0 aromatic heterocycles. The minimum atomic E-state index is -0.104. The van der Waals surface area contributed by atoms with Crippen LogP contribution in [0.2, 0.25) is 0 Å². The van der Waals surface area contributed by atoms with Crippen LogP contribution in [0.3, 0.4) is 0 Å². The van der Waals surface area contributed by atoms with E-state index in [9.17, 15) is 4.79 Å². The number of aliphatic hydroxyl groups excluding tert-OH is 2. The molecule has 5 nitrogen and oxygen atoms in total. The van der Waals surface area contributed by atoms with Crippen LogP contribution in [0.4, 0.5) is 0 Å². The predicted molar refractivity (Wildman–Crippen MR) is 72.1 cm³/mol. The molecular formula is C14H21NO4. The molecule has 1 aromatic carbocycles. The second-order valence-corrected chi connectivity index (χ2v) is 4.08. The third kappa shape index (κ3) is 5.28. The minimum Gasteiger partial charge on any atom is -0.494 e. The number of benzene rings is 1. The second kappa shape index (κ2) is 8.50. The number of rotatable bonds is 8. The Balaban J connectivity index is 2.58. The average Bonchev–Trinajstić information content (AvgIpc) is 2.41. The molecule has 0 unspecified atom stereocenters. The van der Waals surface area contributed by atoms with Gasteiger partial charge in [-0.2, -0.15) is 0 Å². The van der Waals surface area contributed by atoms with Crippen molar-refractivity contribution in [2.45, 2.75) is 13.3 Å². The summed E-state index contributed by atoms with van der Waals surface area (Å²) in [4.78, 5) is 13.4. The van der Waals surface area contributed by atoms with E-state index in [0.29, 0.717) is 6.61 Å². The number of hydrogen-bond acceptors (Lipinski definition) is 4. The van der Waals surface area contributed by atoms with Crippen molar-refractivity contribution >= 4 is 5.91 Å². The maximum atomic E-state index is 12.0. The van der Waals surface area contributed by atoms with Gasteiger partial charge in [0.15, 0.2) is 0 Å². The Labute approximate surface area is 113 Å². The summed E-state index contributed by atoms with van der Waals surface area (Å²) < 4.78 is 5.33. The van der Waals surface area contributed by atoms with Gasteiger partial charge >= 0.3 is 0 Å². The van der Waals surface area contributed by atoms with Crippen LogP contribution in [0, 0.1) is 0 Å². The summed E-state index contributed by atoms with van der Waals surface area (Å²) in [6, 6.07) is 7.35. The normalized spacial score (nSPS) is 10.3. The first-order valence-corrected chi connectivity index (χ1v) is 6.42. The Hall–Kier alpha value is -1.59. The molecule has 0 aliphatic rings. The van der Waals surface area contributed by atoms with Crippen molar-refractivity contribution in [3.63, 3.8) is 0 Å². The van der Waals surface area contributed by atoms with Crippen LogP contribution in [0.25, 0.3) is 0 Å². The Morgan fingerprint density at radius 1 is 1.16 bits per heavy atom. The number of nitrogens with zero attached hydrogens (tertiary/aromatic N) is 1. The molecule has 0 radical (unpaired) electrons. The zero-order chi connectivity index (χ0) is 14.1. The van der Waals surface area contributed by atoms with Gasteiger partial charge in [0, 0.05) is 13.1 Å². The number of hydrogen-bond donors (Lipinski definition) is 2. The highest BCUT2D eigenvalue weighted by atomic mass is 16.5. The summed E-state index contributed by atoms with van der Waals surface area (Å²) in [6.07, 6.45) is 0.256. The summed E-state index contributed by atoms with van der Waals surface area (Å²) in [5, 5.41) is 17.8. The number of carbonyl (C=O) groups excluding carboxylic acids is 1. The summed E-state index contributed by atoms with van der Waals surface area (Å²) in [5.41, 5.74) is 0.884. The van der Waals surface area contributed by atoms with Gasteiger partial charge in [0.2, 0.25) is 5.91 Å². The number of ether oxygens (including phenoxy) is 1. The first-order chi connectivity index (χ1) is 9.21. The van der Waals surface area contributed by atoms with Crippen molar-refractivity contribution in [1.29, 1.82) is 0 Å². The highest BCUT2D eigenvalue weighted by Crippen LogP contribution is 2.13. The highest BCUT2D eigenvalue weighted by Gasteiger charge is 2.12. The SMILES string of the molecule is CCOc1ccc(CC(=O)N(CCO)CCO)cc1. The third-order valence-electron chi connectivity index (χ3n) is 2.68. The lowest BCUT2D eigenvalue weighted by Crippen LogP contribution is -2.36. The van der Waals surface area contributed by atoms with Gasteiger partial charge in [0.25, 0.3) is 0 Å². The molecule has 0 saturated heterocycles. The summed E-state index contributed by atoms with van der Waals surface area (Å²) in [7, 11) is 0. The first kappa shape index (κ1) is 15.5. The van der Waals surface area contributed by atoms with Crippen LogP contribution in [0.5, 0.6) is 5.75 Å². The molecule has 5 heteroatoms. The second-order valence-electron chi connectivity index (χ2n) is 4.08. The molecule has 0 bridgehead atoms. The lowest BCUT2D eigenvalue weighted by molar-refractivity contribution is -0.131. The van der Waals surface area contributed by atoms with E-state index in [1.165, 1.54) is 4.90 Å². The number of carbonyl (C=O) groups is 1. The van der Waals surface area contributed by atoms with Gasteiger partial charge in [-0.05, 0) is 24.6 Å². The van der Waals surface area contributed by atoms with Gasteiger partial charge in [-0.1, -0.05) is 12.1 Å². The fourth-order valence-electron chi connectivity index (χ4n) is 1.76. The molecule has 0 atom stereocenters. The molecule has 0 fully saturated rings. The third-order valence-corrected chi connectivity index (χ3v) is 2.68. The van der Waals surface area contributed by atoms with Crippen LogP contribution >= 0.6 is 0 Å². The molecular weight excluding hydrogens is 246 g/mol. The van der Waals surface area contributed by atoms with E-state index in [4.69, 9.17) is 14.9 Å². The molecule has 0 aliphatic carbocycles. The van der Waals surface area contributed by atoms with Gasteiger partial charge in [-0.15, -0.1) is 0 Å². The smallest absolute Gasteiger partial charge is 0.227 e. The maximum Gasteiger partial charge on any atom is 0.227 e. The van der Waals surface area contributed by atoms with Crippen molar-refractivity contribution in [3.8, 4) is 5.75 Å². The van der Waals surface area contributed by atoms with E-state index in [1.807, 2.05) is 31.2 Å². The zero-order valence-corrected chi connectivity index (χ0v) is 11.2. The topological polar surface area (TPSA) is 70.0 Å². The fraction of sp³-hybridized carbons (Fsp3) is 0.500. The first-order valence-electron chi connectivity index (χ1n) is 6.42. The van der Waals surface area contributed by atoms with Crippen LogP contribution in [-0.2, 0) is 11.2 Å². The van der Waals surface area contributed by atoms with Crippen LogP contribution < -0.4 is 4.74 Å². The zero-order valence-electron chi connectivity index (χ0n) is 11.2. The van der Waals surface area contributed by atoms with E-state index in [2.05, 4.69) is 0 Å². The predicted octanol–water partition coefficient (Wildman–Crippen LogP) is 0.441. The van der Waals surface area contributed by atoms with Crippen LogP contribution in [0.15, 0.2) is 24.3 Å². The molecule has 0 aliphatic heterocycles. The van der Waals surface area contributed by atoms with Crippen molar-refractivity contribution in [2.75, 3.05) is 32.9 Å². The van der Waals surface area contributed by atoms with Crippen LogP contribution in [0.1, 0.15) is 12.5 Å². The van der Waals surface area contributed by atoms with Crippen molar-refractivity contribution in [1.82, 2.24) is 4.90 Å². The van der Waals surface area contributed by atoms with E-state index in [1.54, 1.807) is 0 Å². The Morgan fingerprint density at radius 2 is 1.74 bits per heavy atom. The summed E-state index contributed by atoms with van der Waals surface area (Å²) >= 11 is 0. The molecule has 1 amide bonds. The van der Waals surface area contributed by atoms with Gasteiger partial charge in [0.1, 0.15) is 5.75 Å². The fourth-order valence-corrected chi connectivity index (χ4v) is 1.76. The largest absolute Gasteiger partial charge is 0.494 e. The molecule has 106 valence electrons. The lowest BCUT2D eigenvalue weighted by Gasteiger charge is -2.20. The molecule has 0 saturated carbocycles. The Morgan fingerprint density at radius 3 is 2.21 bits per heavy atom. The molecule has 0 spiro atoms. The van der Waals surface area contributed by atoms with Crippen molar-refractivity contribution in [3.05, 3.63) is 29.8 Å². The van der Waals surface area contributed by atoms with Gasteiger partial charge in [0.05, 0.1) is 26.2 Å². The Kier molecular flexibility index (Phi) is 6.92. The van der Waals surface area contributed by atoms with E-state index >= 15 is 0 Å². The summed E-state index contributed by atoms with van der Waals surface area (Å²) in [5.74, 6) is 0.675. The molecule has 0 heterocycles. The van der Waals surface area contributed by atoms with E-state index in [0.717, 1.165) is 11.3 Å². The monoisotopic (exact) mass is 267 g/mol. The molecule has 1 rings (SSSR count). The Bertz CT molecular complexity index is 372. The maximum absolute atomic E-state index is 12.0. The molecule has 1 aromatic rings. The average molecular weight is 267 g/mol. The van der Waals surface area contributed by atoms with Gasteiger partial charge in [-0.25, -0.2) is 0 Å². The van der Waals surface area contributed by atoms with Crippen LogP contribution in [-0.4, -0.2) is 53.9 Å². The van der Waals surface area contributed by atoms with Gasteiger partial charge < -0.3 is 19.8 Å². The minimum absolute atomic E-state index is 0.102. The molecule has 2 N–H and O–H groups in total. The molecule has 19 heavy (non-hydrogen) atoms. The number of aliphatic hydroxyl groups is 2. The quantitative estimate of drug-likeness (QED) is 0.717. The van der Waals surface area contributed by atoms with Crippen molar-refractivity contribution in [2.24, 2.45) is 0 Å². The standard InChI is InChI=1S/C14H21NO4/c1-2-19-13-5-3-12(4-6-13)11-14(18)15(7-9-16)8-10-17/h3-6,16-17H,2,7-11H2,1H3. The number of amides is 1. The lowest BCUT2D eigenvalue weighted by atomic mass is 10.1.